The number of benzene rings is 5. The maximum atomic E-state index is 16.5. The van der Waals surface area contributed by atoms with Gasteiger partial charge in [0.15, 0.2) is 0 Å². The maximum absolute atomic E-state index is 16.5. The fourth-order valence-corrected chi connectivity index (χ4v) is 11.0. The summed E-state index contributed by atoms with van der Waals surface area (Å²) in [5, 5.41) is 9.79. The fourth-order valence-electron chi connectivity index (χ4n) is 7.23. The zero-order valence-corrected chi connectivity index (χ0v) is 36.7. The van der Waals surface area contributed by atoms with Crippen molar-refractivity contribution in [3.8, 4) is 11.1 Å². The Morgan fingerprint density at radius 1 is 0.610 bits per heavy atom. The Morgan fingerprint density at radius 2 is 1.17 bits per heavy atom. The lowest BCUT2D eigenvalue weighted by molar-refractivity contribution is -0.0213. The van der Waals surface area contributed by atoms with E-state index in [-0.39, 0.29) is 13.2 Å². The predicted octanol–water partition coefficient (Wildman–Crippen LogP) is 12.1. The van der Waals surface area contributed by atoms with Gasteiger partial charge in [0, 0.05) is 18.4 Å². The molecular formula is C46H53F2N3O6P2. The number of rotatable bonds is 16. The number of para-hydroxylation sites is 1. The van der Waals surface area contributed by atoms with E-state index in [4.69, 9.17) is 23.3 Å². The smallest absolute Gasteiger partial charge is 0.305 e. The second-order valence-electron chi connectivity index (χ2n) is 16.5. The van der Waals surface area contributed by atoms with Crippen LogP contribution in [0.15, 0.2) is 127 Å². The van der Waals surface area contributed by atoms with Crippen LogP contribution in [0.25, 0.3) is 22.2 Å². The minimum atomic E-state index is -5.04. The van der Waals surface area contributed by atoms with Crippen molar-refractivity contribution in [2.45, 2.75) is 90.6 Å². The van der Waals surface area contributed by atoms with Gasteiger partial charge in [0.25, 0.3) is 0 Å². The Bertz CT molecular complexity index is 2430. The van der Waals surface area contributed by atoms with E-state index in [1.165, 1.54) is 12.1 Å². The number of alkyl halides is 2. The highest BCUT2D eigenvalue weighted by Crippen LogP contribution is 2.70. The van der Waals surface area contributed by atoms with Crippen LogP contribution in [-0.4, -0.2) is 39.4 Å². The zero-order valence-electron chi connectivity index (χ0n) is 34.9. The monoisotopic (exact) mass is 843 g/mol. The molecule has 0 bridgehead atoms. The molecule has 1 aromatic heterocycles. The molecule has 1 atom stereocenters. The van der Waals surface area contributed by atoms with E-state index in [0.29, 0.717) is 23.7 Å². The summed E-state index contributed by atoms with van der Waals surface area (Å²) in [5.41, 5.74) is -1.88. The highest BCUT2D eigenvalue weighted by Gasteiger charge is 2.58. The van der Waals surface area contributed by atoms with Gasteiger partial charge in [-0.15, -0.1) is 5.10 Å². The van der Waals surface area contributed by atoms with Crippen LogP contribution in [-0.2, 0) is 51.3 Å². The maximum Gasteiger partial charge on any atom is 0.405 e. The molecule has 0 aliphatic rings. The van der Waals surface area contributed by atoms with Gasteiger partial charge in [-0.3, -0.25) is 18.2 Å². The molecular weight excluding hydrogens is 790 g/mol. The van der Waals surface area contributed by atoms with Crippen molar-refractivity contribution in [3.05, 3.63) is 150 Å². The van der Waals surface area contributed by atoms with Crippen LogP contribution in [0.1, 0.15) is 77.6 Å². The van der Waals surface area contributed by atoms with Gasteiger partial charge >= 0.3 is 20.9 Å². The third kappa shape index (κ3) is 9.84. The Labute approximate surface area is 346 Å². The lowest BCUT2D eigenvalue weighted by atomic mass is 9.78. The highest BCUT2D eigenvalue weighted by molar-refractivity contribution is 7.62. The molecule has 312 valence electrons. The summed E-state index contributed by atoms with van der Waals surface area (Å²) >= 11 is 0. The van der Waals surface area contributed by atoms with Crippen molar-refractivity contribution in [1.82, 2.24) is 15.0 Å². The van der Waals surface area contributed by atoms with Crippen LogP contribution < -0.4 is 5.30 Å². The third-order valence-electron chi connectivity index (χ3n) is 9.52. The molecule has 6 rings (SSSR count). The van der Waals surface area contributed by atoms with Crippen LogP contribution in [0.2, 0.25) is 0 Å². The first kappa shape index (κ1) is 44.2. The highest BCUT2D eigenvalue weighted by atomic mass is 31.2. The molecule has 59 heavy (non-hydrogen) atoms. The number of fused-ring (bicyclic) bond motifs is 1. The molecule has 0 radical (unpaired) electrons. The summed E-state index contributed by atoms with van der Waals surface area (Å²) in [6.07, 6.45) is 0.733. The van der Waals surface area contributed by atoms with Gasteiger partial charge in [-0.1, -0.05) is 108 Å². The van der Waals surface area contributed by atoms with Crippen molar-refractivity contribution < 1.29 is 36.0 Å². The van der Waals surface area contributed by atoms with Crippen molar-refractivity contribution in [3.63, 3.8) is 0 Å². The summed E-state index contributed by atoms with van der Waals surface area (Å²) in [6.45, 7) is 13.4. The summed E-state index contributed by atoms with van der Waals surface area (Å²) in [4.78, 5) is 0. The Hall–Kier alpha value is -4.34. The molecule has 13 heteroatoms. The van der Waals surface area contributed by atoms with E-state index in [1.54, 1.807) is 73.6 Å². The molecule has 5 aromatic carbocycles. The lowest BCUT2D eigenvalue weighted by Crippen LogP contribution is -2.40. The minimum Gasteiger partial charge on any atom is -0.305 e. The van der Waals surface area contributed by atoms with Crippen LogP contribution in [0.5, 0.6) is 0 Å². The fraction of sp³-hybridized carbons (Fsp3) is 0.348. The van der Waals surface area contributed by atoms with Crippen molar-refractivity contribution >= 4 is 31.5 Å². The first-order valence-electron chi connectivity index (χ1n) is 19.8. The Morgan fingerprint density at radius 3 is 1.78 bits per heavy atom. The second-order valence-corrected chi connectivity index (χ2v) is 20.4. The Balaban J connectivity index is 1.47. The summed E-state index contributed by atoms with van der Waals surface area (Å²) in [6, 6.07) is 39.0. The first-order chi connectivity index (χ1) is 27.8. The SMILES string of the molecule is CCOP(=O)(OCC)c1cccc(-c2cccc(CC(Cc3ccc(C(F)(F)P(=O)(OC(C)(C)C)OC(C)(C)C)cc3)(c3ccccc3)n3nnc4ccccc43)c2)c1. The molecule has 1 heterocycles. The molecule has 0 N–H and O–H groups in total. The van der Waals surface area contributed by atoms with E-state index in [9.17, 15) is 9.13 Å². The van der Waals surface area contributed by atoms with Crippen molar-refractivity contribution in [1.29, 1.82) is 0 Å². The molecule has 0 saturated heterocycles. The number of nitrogens with zero attached hydrogens (tertiary/aromatic N) is 3. The van der Waals surface area contributed by atoms with Gasteiger partial charge in [0.1, 0.15) is 5.52 Å². The molecule has 9 nitrogen and oxygen atoms in total. The summed E-state index contributed by atoms with van der Waals surface area (Å²) in [7, 11) is -8.58. The van der Waals surface area contributed by atoms with E-state index in [0.717, 1.165) is 33.3 Å². The van der Waals surface area contributed by atoms with Gasteiger partial charge in [0.05, 0.1) is 40.8 Å². The average Bonchev–Trinajstić information content (AvgIpc) is 3.62. The van der Waals surface area contributed by atoms with Gasteiger partial charge in [-0.2, -0.15) is 8.78 Å². The zero-order chi connectivity index (χ0) is 42.7. The van der Waals surface area contributed by atoms with E-state index in [2.05, 4.69) is 11.2 Å². The van der Waals surface area contributed by atoms with Gasteiger partial charge in [-0.25, -0.2) is 4.68 Å². The molecule has 0 amide bonds. The van der Waals surface area contributed by atoms with Crippen LogP contribution in [0.4, 0.5) is 8.78 Å². The number of aromatic nitrogens is 3. The number of halogens is 2. The number of hydrogen-bond donors (Lipinski definition) is 0. The van der Waals surface area contributed by atoms with Crippen molar-refractivity contribution in [2.24, 2.45) is 0 Å². The van der Waals surface area contributed by atoms with Gasteiger partial charge in [-0.05, 0) is 107 Å². The van der Waals surface area contributed by atoms with Gasteiger partial charge < -0.3 is 9.05 Å². The average molecular weight is 844 g/mol. The third-order valence-corrected chi connectivity index (χ3v) is 14.1. The molecule has 0 fully saturated rings. The molecule has 0 aliphatic carbocycles. The second kappa shape index (κ2) is 17.3. The predicted molar refractivity (Wildman–Crippen MR) is 230 cm³/mol. The molecule has 0 spiro atoms. The Kier molecular flexibility index (Phi) is 13.0. The van der Waals surface area contributed by atoms with E-state index in [1.807, 2.05) is 95.7 Å². The minimum absolute atomic E-state index is 0.235. The lowest BCUT2D eigenvalue weighted by Gasteiger charge is -2.36. The molecule has 0 aliphatic heterocycles. The quantitative estimate of drug-likeness (QED) is 0.0888. The number of hydrogen-bond acceptors (Lipinski definition) is 8. The van der Waals surface area contributed by atoms with E-state index >= 15 is 8.78 Å². The summed E-state index contributed by atoms with van der Waals surface area (Å²) < 4.78 is 85.1. The first-order valence-corrected chi connectivity index (χ1v) is 22.8. The van der Waals surface area contributed by atoms with E-state index < -0.39 is 43.2 Å². The molecule has 6 aromatic rings. The van der Waals surface area contributed by atoms with Crippen LogP contribution in [0, 0.1) is 0 Å². The topological polar surface area (TPSA) is 102 Å². The van der Waals surface area contributed by atoms with Crippen LogP contribution in [0.3, 0.4) is 0 Å². The van der Waals surface area contributed by atoms with Gasteiger partial charge in [0.2, 0.25) is 0 Å². The molecule has 1 unspecified atom stereocenters. The van der Waals surface area contributed by atoms with Crippen LogP contribution >= 0.6 is 15.2 Å². The standard InChI is InChI=1S/C46H53F2N3O6P2/c1-9-54-58(52,55-10-2)40-23-17-20-37(31-40)36-19-16-18-35(30-36)33-45(38-21-12-11-13-22-38,51-42-25-15-14-24-41(42)49-50-51)32-34-26-28-39(29-27-34)46(47,48)59(53,56-43(3,4)5)57-44(6,7)8/h11-31H,9-10,32-33H2,1-8H3. The molecule has 0 saturated carbocycles. The normalized spacial score (nSPS) is 14.1. The van der Waals surface area contributed by atoms with Crippen molar-refractivity contribution in [2.75, 3.05) is 13.2 Å². The largest absolute Gasteiger partial charge is 0.405 e. The summed E-state index contributed by atoms with van der Waals surface area (Å²) in [5.74, 6) is 0.